The van der Waals surface area contributed by atoms with Gasteiger partial charge in [-0.2, -0.15) is 0 Å². The molecule has 1 aromatic heterocycles. The first-order valence-corrected chi connectivity index (χ1v) is 14.7. The lowest BCUT2D eigenvalue weighted by Gasteiger charge is -2.25. The van der Waals surface area contributed by atoms with Gasteiger partial charge in [-0.25, -0.2) is 9.79 Å². The molecule has 0 aliphatic carbocycles. The normalized spacial score (nSPS) is 14.5. The van der Waals surface area contributed by atoms with E-state index in [1.54, 1.807) is 42.7 Å². The van der Waals surface area contributed by atoms with Gasteiger partial charge in [-0.05, 0) is 62.2 Å². The standard InChI is InChI=1S/C33H31N3O6S/c1-4-40-26-18-22(16-17-25(26)42-20-28(37)41-5-2)19-27-32(39)36-30(23-12-8-6-9-13-23)29(21(3)34-33(36)43-27)31(38)35-24-14-10-7-11-15-24/h6-19,30H,4-5,20H2,1-3H3,(H,35,38)/b27-19-/t30-/m0/s1. The van der Waals surface area contributed by atoms with E-state index in [1.165, 1.54) is 11.3 Å². The van der Waals surface area contributed by atoms with E-state index in [-0.39, 0.29) is 24.7 Å². The number of allylic oxidation sites excluding steroid dienone is 1. The molecular formula is C33H31N3O6S. The van der Waals surface area contributed by atoms with Gasteiger partial charge in [0.2, 0.25) is 0 Å². The van der Waals surface area contributed by atoms with Gasteiger partial charge in [0.25, 0.3) is 11.5 Å². The average molecular weight is 598 g/mol. The van der Waals surface area contributed by atoms with E-state index in [9.17, 15) is 14.4 Å². The maximum Gasteiger partial charge on any atom is 0.344 e. The first-order valence-electron chi connectivity index (χ1n) is 13.9. The topological polar surface area (TPSA) is 108 Å². The van der Waals surface area contributed by atoms with Crippen molar-refractivity contribution in [2.75, 3.05) is 25.1 Å². The zero-order valence-electron chi connectivity index (χ0n) is 24.0. The van der Waals surface area contributed by atoms with Crippen molar-refractivity contribution >= 4 is 35.0 Å². The highest BCUT2D eigenvalue weighted by atomic mass is 32.1. The molecule has 1 amide bonds. The van der Waals surface area contributed by atoms with Crippen LogP contribution >= 0.6 is 11.3 Å². The molecule has 220 valence electrons. The molecule has 1 aliphatic heterocycles. The third-order valence-corrected chi connectivity index (χ3v) is 7.61. The summed E-state index contributed by atoms with van der Waals surface area (Å²) in [5.74, 6) is 0.0269. The van der Waals surface area contributed by atoms with Crippen LogP contribution in [0.2, 0.25) is 0 Å². The van der Waals surface area contributed by atoms with Crippen LogP contribution in [0.25, 0.3) is 6.08 Å². The third kappa shape index (κ3) is 6.60. The van der Waals surface area contributed by atoms with Crippen LogP contribution in [0.15, 0.2) is 99.9 Å². The fourth-order valence-electron chi connectivity index (χ4n) is 4.78. The summed E-state index contributed by atoms with van der Waals surface area (Å²) in [7, 11) is 0. The zero-order valence-corrected chi connectivity index (χ0v) is 24.9. The third-order valence-electron chi connectivity index (χ3n) is 6.63. The van der Waals surface area contributed by atoms with Gasteiger partial charge in [-0.15, -0.1) is 0 Å². The molecule has 43 heavy (non-hydrogen) atoms. The first kappa shape index (κ1) is 29.5. The number of nitrogens with one attached hydrogen (secondary N) is 1. The minimum Gasteiger partial charge on any atom is -0.490 e. The summed E-state index contributed by atoms with van der Waals surface area (Å²) < 4.78 is 18.3. The van der Waals surface area contributed by atoms with Gasteiger partial charge in [0.05, 0.1) is 35.1 Å². The van der Waals surface area contributed by atoms with Crippen molar-refractivity contribution in [3.63, 3.8) is 0 Å². The van der Waals surface area contributed by atoms with Crippen molar-refractivity contribution in [1.82, 2.24) is 4.57 Å². The number of benzene rings is 3. The fourth-order valence-corrected chi connectivity index (χ4v) is 5.82. The number of nitrogens with zero attached hydrogens (tertiary/aromatic N) is 2. The fraction of sp³-hybridized carbons (Fsp3) is 0.212. The molecule has 0 bridgehead atoms. The summed E-state index contributed by atoms with van der Waals surface area (Å²) >= 11 is 1.25. The van der Waals surface area contributed by atoms with Crippen molar-refractivity contribution in [1.29, 1.82) is 0 Å². The number of anilines is 1. The Labute approximate surface area is 252 Å². The minimum atomic E-state index is -0.666. The molecular weight excluding hydrogens is 566 g/mol. The summed E-state index contributed by atoms with van der Waals surface area (Å²) in [6, 6.07) is 23.2. The monoisotopic (exact) mass is 597 g/mol. The average Bonchev–Trinajstić information content (AvgIpc) is 3.31. The zero-order chi connectivity index (χ0) is 30.3. The van der Waals surface area contributed by atoms with E-state index in [2.05, 4.69) is 5.32 Å². The lowest BCUT2D eigenvalue weighted by molar-refractivity contribution is -0.145. The van der Waals surface area contributed by atoms with Crippen LogP contribution in [0.5, 0.6) is 11.5 Å². The summed E-state index contributed by atoms with van der Waals surface area (Å²) in [5, 5.41) is 2.96. The second kappa shape index (κ2) is 13.3. The van der Waals surface area contributed by atoms with E-state index in [0.717, 1.165) is 5.56 Å². The van der Waals surface area contributed by atoms with E-state index in [1.807, 2.05) is 67.6 Å². The lowest BCUT2D eigenvalue weighted by Crippen LogP contribution is -2.40. The van der Waals surface area contributed by atoms with Gasteiger partial charge < -0.3 is 19.5 Å². The molecule has 1 N–H and O–H groups in total. The molecule has 9 nitrogen and oxygen atoms in total. The predicted octanol–water partition coefficient (Wildman–Crippen LogP) is 4.21. The number of rotatable bonds is 10. The number of thiazole rings is 1. The van der Waals surface area contributed by atoms with Gasteiger partial charge in [-0.3, -0.25) is 14.2 Å². The minimum absolute atomic E-state index is 0.245. The Morgan fingerprint density at radius 3 is 2.37 bits per heavy atom. The molecule has 0 spiro atoms. The van der Waals surface area contributed by atoms with Crippen LogP contribution in [0.1, 0.15) is 37.9 Å². The van der Waals surface area contributed by atoms with Crippen LogP contribution < -0.4 is 29.7 Å². The molecule has 2 heterocycles. The van der Waals surface area contributed by atoms with E-state index in [4.69, 9.17) is 19.2 Å². The number of fused-ring (bicyclic) bond motifs is 1. The van der Waals surface area contributed by atoms with E-state index >= 15 is 0 Å². The van der Waals surface area contributed by atoms with Crippen LogP contribution in [0.4, 0.5) is 5.69 Å². The summed E-state index contributed by atoms with van der Waals surface area (Å²) in [6.07, 6.45) is 1.76. The number of hydrogen-bond donors (Lipinski definition) is 1. The van der Waals surface area contributed by atoms with Gasteiger partial charge in [0.1, 0.15) is 0 Å². The van der Waals surface area contributed by atoms with Crippen molar-refractivity contribution in [2.45, 2.75) is 26.8 Å². The number of para-hydroxylation sites is 1. The second-order valence-electron chi connectivity index (χ2n) is 9.55. The highest BCUT2D eigenvalue weighted by Gasteiger charge is 2.32. The molecule has 3 aromatic carbocycles. The van der Waals surface area contributed by atoms with Crippen molar-refractivity contribution in [3.8, 4) is 11.5 Å². The van der Waals surface area contributed by atoms with Crippen LogP contribution in [0, 0.1) is 0 Å². The molecule has 0 saturated heterocycles. The molecule has 10 heteroatoms. The van der Waals surface area contributed by atoms with Crippen LogP contribution in [-0.4, -0.2) is 36.3 Å². The van der Waals surface area contributed by atoms with Gasteiger partial charge in [0.15, 0.2) is 22.9 Å². The molecule has 0 radical (unpaired) electrons. The molecule has 1 atom stereocenters. The highest BCUT2D eigenvalue weighted by Crippen LogP contribution is 2.31. The van der Waals surface area contributed by atoms with Gasteiger partial charge in [-0.1, -0.05) is 65.9 Å². The summed E-state index contributed by atoms with van der Waals surface area (Å²) in [4.78, 5) is 44.6. The maximum atomic E-state index is 14.0. The molecule has 1 aliphatic rings. The maximum absolute atomic E-state index is 14.0. The SMILES string of the molecule is CCOC(=O)COc1ccc(/C=c2\sc3n(c2=O)[C@@H](c2ccccc2)C(C(=O)Nc2ccccc2)=C(C)N=3)cc1OCC. The molecule has 0 unspecified atom stereocenters. The smallest absolute Gasteiger partial charge is 0.344 e. The predicted molar refractivity (Wildman–Crippen MR) is 165 cm³/mol. The van der Waals surface area contributed by atoms with Crippen LogP contribution in [0.3, 0.4) is 0 Å². The Bertz CT molecular complexity index is 1840. The number of carbonyl (C=O) groups is 2. The van der Waals surface area contributed by atoms with Crippen molar-refractivity contribution in [3.05, 3.63) is 121 Å². The number of carbonyl (C=O) groups excluding carboxylic acids is 2. The second-order valence-corrected chi connectivity index (χ2v) is 10.6. The Hall–Kier alpha value is -4.96. The molecule has 5 rings (SSSR count). The summed E-state index contributed by atoms with van der Waals surface area (Å²) in [5.41, 5.74) is 2.82. The molecule has 0 saturated carbocycles. The van der Waals surface area contributed by atoms with Gasteiger partial charge >= 0.3 is 5.97 Å². The van der Waals surface area contributed by atoms with E-state index < -0.39 is 12.0 Å². The molecule has 4 aromatic rings. The Morgan fingerprint density at radius 2 is 1.67 bits per heavy atom. The Balaban J connectivity index is 1.55. The first-order chi connectivity index (χ1) is 20.9. The Morgan fingerprint density at radius 1 is 0.953 bits per heavy atom. The largest absolute Gasteiger partial charge is 0.490 e. The van der Waals surface area contributed by atoms with Gasteiger partial charge in [0, 0.05) is 5.69 Å². The quantitative estimate of drug-likeness (QED) is 0.275. The summed E-state index contributed by atoms with van der Waals surface area (Å²) in [6.45, 7) is 5.76. The number of ether oxygens (including phenoxy) is 3. The van der Waals surface area contributed by atoms with E-state index in [0.29, 0.717) is 50.0 Å². The number of aromatic nitrogens is 1. The number of hydrogen-bond acceptors (Lipinski definition) is 8. The number of amides is 1. The highest BCUT2D eigenvalue weighted by molar-refractivity contribution is 7.07. The van der Waals surface area contributed by atoms with Crippen molar-refractivity contribution < 1.29 is 23.8 Å². The van der Waals surface area contributed by atoms with Crippen molar-refractivity contribution in [2.24, 2.45) is 4.99 Å². The lowest BCUT2D eigenvalue weighted by atomic mass is 9.95. The Kier molecular flexibility index (Phi) is 9.17. The van der Waals surface area contributed by atoms with Crippen LogP contribution in [-0.2, 0) is 14.3 Å². The molecule has 0 fully saturated rings. The number of esters is 1.